The van der Waals surface area contributed by atoms with E-state index in [-0.39, 0.29) is 0 Å². The maximum atomic E-state index is 5.27. The summed E-state index contributed by atoms with van der Waals surface area (Å²) in [6.45, 7) is 2.21. The Labute approximate surface area is 98.5 Å². The van der Waals surface area contributed by atoms with Gasteiger partial charge < -0.3 is 4.74 Å². The van der Waals surface area contributed by atoms with Gasteiger partial charge >= 0.3 is 0 Å². The van der Waals surface area contributed by atoms with Gasteiger partial charge in [-0.05, 0) is 12.5 Å². The first kappa shape index (κ1) is 12.6. The van der Waals surface area contributed by atoms with Crippen LogP contribution >= 0.6 is 0 Å². The lowest BCUT2D eigenvalue weighted by Gasteiger charge is -2.02. The molecule has 0 aliphatic heterocycles. The number of ether oxygens (including phenoxy) is 1. The maximum Gasteiger partial charge on any atom is 0.126 e. The van der Waals surface area contributed by atoms with Crippen LogP contribution in [0.25, 0.3) is 6.08 Å². The Hall–Kier alpha value is -1.50. The molecule has 1 aromatic carbocycles. The summed E-state index contributed by atoms with van der Waals surface area (Å²) in [5.41, 5.74) is 1.12. The monoisotopic (exact) mass is 216 g/mol. The molecule has 0 aliphatic rings. The minimum absolute atomic E-state index is 0.917. The van der Waals surface area contributed by atoms with E-state index in [9.17, 15) is 0 Å². The minimum Gasteiger partial charge on any atom is -0.496 e. The van der Waals surface area contributed by atoms with Gasteiger partial charge in [-0.3, -0.25) is 0 Å². The third-order valence-electron chi connectivity index (χ3n) is 2.39. The Bertz CT molecular complexity index is 350. The number of hydrogen-bond acceptors (Lipinski definition) is 1. The fraction of sp³-hybridized carbons (Fsp3) is 0.333. The molecule has 0 aliphatic carbocycles. The van der Waals surface area contributed by atoms with Crippen molar-refractivity contribution in [3.05, 3.63) is 48.1 Å². The van der Waals surface area contributed by atoms with E-state index in [1.807, 2.05) is 18.2 Å². The average Bonchev–Trinajstić information content (AvgIpc) is 2.34. The van der Waals surface area contributed by atoms with Crippen LogP contribution in [0.1, 0.15) is 31.7 Å². The second kappa shape index (κ2) is 7.75. The Morgan fingerprint density at radius 1 is 1.19 bits per heavy atom. The van der Waals surface area contributed by atoms with E-state index in [1.165, 1.54) is 12.8 Å². The molecule has 1 rings (SSSR count). The van der Waals surface area contributed by atoms with Crippen LogP contribution < -0.4 is 4.74 Å². The molecular formula is C15H20O. The number of para-hydroxylation sites is 1. The average molecular weight is 216 g/mol. The van der Waals surface area contributed by atoms with Gasteiger partial charge in [0.2, 0.25) is 0 Å². The van der Waals surface area contributed by atoms with E-state index in [1.54, 1.807) is 7.11 Å². The van der Waals surface area contributed by atoms with Crippen molar-refractivity contribution in [2.24, 2.45) is 0 Å². The zero-order chi connectivity index (χ0) is 11.6. The Morgan fingerprint density at radius 2 is 2.00 bits per heavy atom. The molecule has 0 saturated carbocycles. The van der Waals surface area contributed by atoms with Crippen LogP contribution in [0, 0.1) is 0 Å². The van der Waals surface area contributed by atoms with Crippen LogP contribution in [0.4, 0.5) is 0 Å². The van der Waals surface area contributed by atoms with E-state index < -0.39 is 0 Å². The predicted molar refractivity (Wildman–Crippen MR) is 70.7 cm³/mol. The molecule has 1 heteroatoms. The van der Waals surface area contributed by atoms with E-state index in [4.69, 9.17) is 4.74 Å². The highest BCUT2D eigenvalue weighted by Gasteiger charge is 1.94. The molecule has 0 spiro atoms. The van der Waals surface area contributed by atoms with Gasteiger partial charge in [0.25, 0.3) is 0 Å². The lowest BCUT2D eigenvalue weighted by atomic mass is 10.2. The number of methoxy groups -OCH3 is 1. The number of allylic oxidation sites excluding steroid dienone is 3. The largest absolute Gasteiger partial charge is 0.496 e. The first-order valence-electron chi connectivity index (χ1n) is 5.84. The SMILES string of the molecule is CCCC/C=C/C=C/c1ccccc1OC. The number of rotatable bonds is 6. The quantitative estimate of drug-likeness (QED) is 0.504. The first-order valence-corrected chi connectivity index (χ1v) is 5.84. The molecule has 86 valence electrons. The van der Waals surface area contributed by atoms with Crippen molar-refractivity contribution in [2.75, 3.05) is 7.11 Å². The zero-order valence-corrected chi connectivity index (χ0v) is 10.1. The summed E-state index contributed by atoms with van der Waals surface area (Å²) in [6, 6.07) is 8.02. The summed E-state index contributed by atoms with van der Waals surface area (Å²) in [6.07, 6.45) is 12.1. The van der Waals surface area contributed by atoms with Gasteiger partial charge in [0.1, 0.15) is 5.75 Å². The molecule has 0 radical (unpaired) electrons. The smallest absolute Gasteiger partial charge is 0.126 e. The van der Waals surface area contributed by atoms with Crippen LogP contribution in [0.2, 0.25) is 0 Å². The molecule has 0 heterocycles. The van der Waals surface area contributed by atoms with Gasteiger partial charge in [-0.25, -0.2) is 0 Å². The number of hydrogen-bond donors (Lipinski definition) is 0. The van der Waals surface area contributed by atoms with Crippen LogP contribution in [-0.4, -0.2) is 7.11 Å². The third kappa shape index (κ3) is 4.35. The Kier molecular flexibility index (Phi) is 6.09. The molecule has 1 aromatic rings. The van der Waals surface area contributed by atoms with E-state index in [2.05, 4.69) is 37.3 Å². The van der Waals surface area contributed by atoms with Gasteiger partial charge in [0, 0.05) is 5.56 Å². The van der Waals surface area contributed by atoms with Gasteiger partial charge in [0.15, 0.2) is 0 Å². The van der Waals surface area contributed by atoms with Gasteiger partial charge in [-0.2, -0.15) is 0 Å². The first-order chi connectivity index (χ1) is 7.88. The van der Waals surface area contributed by atoms with Crippen LogP contribution in [0.15, 0.2) is 42.5 Å². The molecule has 0 saturated heterocycles. The lowest BCUT2D eigenvalue weighted by Crippen LogP contribution is -1.84. The highest BCUT2D eigenvalue weighted by Crippen LogP contribution is 2.18. The molecule has 0 fully saturated rings. The zero-order valence-electron chi connectivity index (χ0n) is 10.1. The number of unbranched alkanes of at least 4 members (excludes halogenated alkanes) is 2. The van der Waals surface area contributed by atoms with Crippen molar-refractivity contribution in [3.8, 4) is 5.75 Å². The Morgan fingerprint density at radius 3 is 2.75 bits per heavy atom. The summed E-state index contributed by atoms with van der Waals surface area (Å²) in [5.74, 6) is 0.917. The van der Waals surface area contributed by atoms with Crippen LogP contribution in [0.3, 0.4) is 0 Å². The van der Waals surface area contributed by atoms with Crippen molar-refractivity contribution in [1.82, 2.24) is 0 Å². The highest BCUT2D eigenvalue weighted by molar-refractivity contribution is 5.58. The van der Waals surface area contributed by atoms with Crippen molar-refractivity contribution in [1.29, 1.82) is 0 Å². The molecule has 0 aromatic heterocycles. The number of benzene rings is 1. The summed E-state index contributed by atoms with van der Waals surface area (Å²) in [5, 5.41) is 0. The summed E-state index contributed by atoms with van der Waals surface area (Å²) in [7, 11) is 1.70. The Balaban J connectivity index is 2.52. The van der Waals surface area contributed by atoms with Crippen molar-refractivity contribution < 1.29 is 4.74 Å². The van der Waals surface area contributed by atoms with Crippen molar-refractivity contribution >= 4 is 6.08 Å². The minimum atomic E-state index is 0.917. The highest BCUT2D eigenvalue weighted by atomic mass is 16.5. The van der Waals surface area contributed by atoms with E-state index in [0.29, 0.717) is 0 Å². The van der Waals surface area contributed by atoms with Crippen molar-refractivity contribution in [3.63, 3.8) is 0 Å². The molecule has 1 nitrogen and oxygen atoms in total. The standard InChI is InChI=1S/C15H20O/c1-3-4-5-6-7-8-11-14-12-9-10-13-15(14)16-2/h6-13H,3-5H2,1-2H3/b7-6+,11-8+. The van der Waals surface area contributed by atoms with Crippen molar-refractivity contribution in [2.45, 2.75) is 26.2 Å². The summed E-state index contributed by atoms with van der Waals surface area (Å²) < 4.78 is 5.27. The molecule has 0 N–H and O–H groups in total. The lowest BCUT2D eigenvalue weighted by molar-refractivity contribution is 0.414. The molecular weight excluding hydrogens is 196 g/mol. The third-order valence-corrected chi connectivity index (χ3v) is 2.39. The molecule has 0 amide bonds. The van der Waals surface area contributed by atoms with Crippen LogP contribution in [0.5, 0.6) is 5.75 Å². The molecule has 0 bridgehead atoms. The normalized spacial score (nSPS) is 11.4. The summed E-state index contributed by atoms with van der Waals surface area (Å²) in [4.78, 5) is 0. The van der Waals surface area contributed by atoms with Gasteiger partial charge in [0.05, 0.1) is 7.11 Å². The second-order valence-electron chi connectivity index (χ2n) is 3.67. The van der Waals surface area contributed by atoms with Crippen LogP contribution in [-0.2, 0) is 0 Å². The second-order valence-corrected chi connectivity index (χ2v) is 3.67. The fourth-order valence-corrected chi connectivity index (χ4v) is 1.46. The molecule has 16 heavy (non-hydrogen) atoms. The van der Waals surface area contributed by atoms with Gasteiger partial charge in [-0.1, -0.05) is 62.3 Å². The topological polar surface area (TPSA) is 9.23 Å². The fourth-order valence-electron chi connectivity index (χ4n) is 1.46. The summed E-state index contributed by atoms with van der Waals surface area (Å²) >= 11 is 0. The predicted octanol–water partition coefficient (Wildman–Crippen LogP) is 4.45. The van der Waals surface area contributed by atoms with Gasteiger partial charge in [-0.15, -0.1) is 0 Å². The molecule has 0 unspecified atom stereocenters. The van der Waals surface area contributed by atoms with E-state index in [0.717, 1.165) is 17.7 Å². The maximum absolute atomic E-state index is 5.27. The molecule has 0 atom stereocenters. The van der Waals surface area contributed by atoms with E-state index >= 15 is 0 Å².